The highest BCUT2D eigenvalue weighted by Gasteiger charge is 2.31. The van der Waals surface area contributed by atoms with Gasteiger partial charge in [0.1, 0.15) is 11.5 Å². The number of hydrogen-bond donors (Lipinski definition) is 0. The van der Waals surface area contributed by atoms with Crippen molar-refractivity contribution in [3.63, 3.8) is 0 Å². The molecule has 0 unspecified atom stereocenters. The predicted octanol–water partition coefficient (Wildman–Crippen LogP) is 6.42. The number of benzene rings is 4. The second-order valence-corrected chi connectivity index (χ2v) is 10.1. The molecule has 0 saturated heterocycles. The van der Waals surface area contributed by atoms with Gasteiger partial charge in [-0.05, 0) is 109 Å². The van der Waals surface area contributed by atoms with Crippen LogP contribution in [-0.4, -0.2) is 20.9 Å². The maximum Gasteiger partial charge on any atom is 0.118 e. The van der Waals surface area contributed by atoms with Crippen molar-refractivity contribution in [2.24, 2.45) is 0 Å². The molecular weight excluding hydrogens is 480 g/mol. The number of aryl methyl sites for hydroxylation is 2. The Hall–Kier alpha value is -4.80. The third-order valence-electron chi connectivity index (χ3n) is 7.34. The maximum atomic E-state index is 5.26. The van der Waals surface area contributed by atoms with E-state index in [0.717, 1.165) is 53.5 Å². The van der Waals surface area contributed by atoms with Crippen molar-refractivity contribution in [1.29, 1.82) is 0 Å². The van der Waals surface area contributed by atoms with Crippen molar-refractivity contribution in [1.82, 2.24) is 0 Å². The molecule has 192 valence electrons. The summed E-state index contributed by atoms with van der Waals surface area (Å²) in [5.41, 5.74) is 11.9. The van der Waals surface area contributed by atoms with E-state index < -0.39 is 0 Å². The second-order valence-electron chi connectivity index (χ2n) is 10.1. The molecule has 39 heavy (non-hydrogen) atoms. The van der Waals surface area contributed by atoms with Crippen molar-refractivity contribution in [2.45, 2.75) is 26.9 Å². The Morgan fingerprint density at radius 3 is 1.31 bits per heavy atom. The minimum absolute atomic E-state index is 0.840. The second kappa shape index (κ2) is 10.2. The zero-order chi connectivity index (χ0) is 26.9. The molecule has 0 spiro atoms. The Labute approximate surface area is 230 Å². The van der Waals surface area contributed by atoms with Crippen LogP contribution in [0.3, 0.4) is 0 Å². The van der Waals surface area contributed by atoms with E-state index in [4.69, 9.17) is 9.47 Å². The maximum absolute atomic E-state index is 5.26. The van der Waals surface area contributed by atoms with Gasteiger partial charge in [0.15, 0.2) is 0 Å². The topological polar surface area (TPSA) is 24.9 Å². The number of methoxy groups -OCH3 is 2. The molecule has 0 fully saturated rings. The van der Waals surface area contributed by atoms with Gasteiger partial charge >= 0.3 is 0 Å². The Kier molecular flexibility index (Phi) is 6.39. The zero-order valence-corrected chi connectivity index (χ0v) is 22.8. The zero-order valence-electron chi connectivity index (χ0n) is 22.8. The largest absolute Gasteiger partial charge is 0.497 e. The highest BCUT2D eigenvalue weighted by molar-refractivity contribution is 5.74. The third-order valence-corrected chi connectivity index (χ3v) is 7.34. The van der Waals surface area contributed by atoms with E-state index in [2.05, 4.69) is 71.6 Å². The minimum Gasteiger partial charge on any atom is -0.497 e. The van der Waals surface area contributed by atoms with Gasteiger partial charge in [0, 0.05) is 46.7 Å². The van der Waals surface area contributed by atoms with Crippen molar-refractivity contribution in [3.05, 3.63) is 117 Å². The summed E-state index contributed by atoms with van der Waals surface area (Å²) < 4.78 is 10.5. The lowest BCUT2D eigenvalue weighted by Crippen LogP contribution is -2.46. The van der Waals surface area contributed by atoms with Gasteiger partial charge in [-0.3, -0.25) is 0 Å². The molecule has 4 aromatic carbocycles. The van der Waals surface area contributed by atoms with Crippen LogP contribution in [0.25, 0.3) is 0 Å². The van der Waals surface area contributed by atoms with Gasteiger partial charge in [0.25, 0.3) is 0 Å². The number of ether oxygens (including phenoxy) is 2. The van der Waals surface area contributed by atoms with Crippen molar-refractivity contribution < 1.29 is 9.47 Å². The minimum atomic E-state index is 0.840. The molecule has 2 heterocycles. The molecule has 2 aliphatic heterocycles. The van der Waals surface area contributed by atoms with Crippen LogP contribution in [0.4, 0.5) is 11.4 Å². The van der Waals surface area contributed by atoms with E-state index in [1.165, 1.54) is 33.6 Å². The fourth-order valence-corrected chi connectivity index (χ4v) is 5.65. The monoisotopic (exact) mass is 510 g/mol. The lowest BCUT2D eigenvalue weighted by molar-refractivity contribution is 0.414. The lowest BCUT2D eigenvalue weighted by Gasteiger charge is -2.46. The molecule has 2 aliphatic rings. The molecule has 0 amide bonds. The van der Waals surface area contributed by atoms with Gasteiger partial charge in [0.2, 0.25) is 0 Å². The molecule has 0 aliphatic carbocycles. The number of hydrogen-bond acceptors (Lipinski definition) is 4. The molecule has 0 aromatic heterocycles. The van der Waals surface area contributed by atoms with Gasteiger partial charge in [0.05, 0.1) is 20.9 Å². The van der Waals surface area contributed by atoms with Crippen LogP contribution in [0.5, 0.6) is 11.5 Å². The van der Waals surface area contributed by atoms with Gasteiger partial charge in [-0.2, -0.15) is 0 Å². The number of rotatable bonds is 2. The quantitative estimate of drug-likeness (QED) is 0.291. The predicted molar refractivity (Wildman–Crippen MR) is 158 cm³/mol. The first-order valence-electron chi connectivity index (χ1n) is 13.1. The fourth-order valence-electron chi connectivity index (χ4n) is 5.65. The summed E-state index contributed by atoms with van der Waals surface area (Å²) in [6.45, 7) is 7.04. The molecular formula is C35H30N2O2. The van der Waals surface area contributed by atoms with Crippen molar-refractivity contribution in [3.8, 4) is 35.2 Å². The van der Waals surface area contributed by atoms with Crippen LogP contribution in [0, 0.1) is 37.5 Å². The normalized spacial score (nSPS) is 12.8. The Morgan fingerprint density at radius 2 is 0.923 bits per heavy atom. The summed E-state index contributed by atoms with van der Waals surface area (Å²) in [4.78, 5) is 4.97. The smallest absolute Gasteiger partial charge is 0.118 e. The van der Waals surface area contributed by atoms with E-state index in [-0.39, 0.29) is 0 Å². The van der Waals surface area contributed by atoms with Gasteiger partial charge < -0.3 is 19.3 Å². The SMILES string of the molecule is COc1ccc(C#Cc2cc(C)c3c(c2)CN2CN3Cc3cc(C#Cc4ccc(OC)cc4)cc(C)c32)cc1. The first kappa shape index (κ1) is 24.5. The number of anilines is 2. The van der Waals surface area contributed by atoms with Gasteiger partial charge in [-0.15, -0.1) is 0 Å². The van der Waals surface area contributed by atoms with Crippen LogP contribution in [0.1, 0.15) is 44.5 Å². The lowest BCUT2D eigenvalue weighted by atomic mass is 9.94. The summed E-state index contributed by atoms with van der Waals surface area (Å²) in [6.07, 6.45) is 0. The van der Waals surface area contributed by atoms with E-state index >= 15 is 0 Å². The average Bonchev–Trinajstić information content (AvgIpc) is 2.95. The summed E-state index contributed by atoms with van der Waals surface area (Å²) in [5.74, 6) is 15.0. The standard InChI is InChI=1S/C35H30N2O2/c1-24-17-28(7-5-26-9-13-32(38-3)14-10-26)19-30-21-37-23-36(34(24)30)22-31-20-29(18-25(2)35(31)37)8-6-27-11-15-33(39-4)16-12-27/h9-20H,21-23H2,1-4H3. The average molecular weight is 511 g/mol. The first-order chi connectivity index (χ1) is 19.0. The molecule has 4 aromatic rings. The highest BCUT2D eigenvalue weighted by Crippen LogP contribution is 2.41. The Balaban J connectivity index is 1.28. The van der Waals surface area contributed by atoms with Crippen LogP contribution in [-0.2, 0) is 13.1 Å². The van der Waals surface area contributed by atoms with Gasteiger partial charge in [-0.1, -0.05) is 23.7 Å². The van der Waals surface area contributed by atoms with Gasteiger partial charge in [-0.25, -0.2) is 0 Å². The Bertz CT molecular complexity index is 1550. The van der Waals surface area contributed by atoms with Crippen molar-refractivity contribution >= 4 is 11.4 Å². The molecule has 2 bridgehead atoms. The van der Waals surface area contributed by atoms with Crippen LogP contribution >= 0.6 is 0 Å². The molecule has 0 radical (unpaired) electrons. The third kappa shape index (κ3) is 4.90. The highest BCUT2D eigenvalue weighted by atomic mass is 16.5. The van der Waals surface area contributed by atoms with E-state index in [1.807, 2.05) is 48.5 Å². The number of nitrogens with zero attached hydrogens (tertiary/aromatic N) is 2. The van der Waals surface area contributed by atoms with Crippen LogP contribution in [0.15, 0.2) is 72.8 Å². The molecule has 0 atom stereocenters. The Morgan fingerprint density at radius 1 is 0.538 bits per heavy atom. The molecule has 0 N–H and O–H groups in total. The van der Waals surface area contributed by atoms with E-state index in [9.17, 15) is 0 Å². The van der Waals surface area contributed by atoms with Crippen LogP contribution < -0.4 is 19.3 Å². The molecule has 4 heteroatoms. The summed E-state index contributed by atoms with van der Waals surface area (Å²) in [7, 11) is 3.35. The van der Waals surface area contributed by atoms with E-state index in [0.29, 0.717) is 0 Å². The van der Waals surface area contributed by atoms with Crippen LogP contribution in [0.2, 0.25) is 0 Å². The summed E-state index contributed by atoms with van der Waals surface area (Å²) >= 11 is 0. The molecule has 6 rings (SSSR count). The fraction of sp³-hybridized carbons (Fsp3) is 0.200. The molecule has 0 saturated carbocycles. The molecule has 4 nitrogen and oxygen atoms in total. The van der Waals surface area contributed by atoms with E-state index in [1.54, 1.807) is 14.2 Å². The summed E-state index contributed by atoms with van der Waals surface area (Å²) in [5, 5.41) is 0. The number of fused-ring (bicyclic) bond motifs is 6. The summed E-state index contributed by atoms with van der Waals surface area (Å²) in [6, 6.07) is 24.7. The van der Waals surface area contributed by atoms with Crippen molar-refractivity contribution in [2.75, 3.05) is 30.7 Å². The first-order valence-corrected chi connectivity index (χ1v) is 13.1.